The second kappa shape index (κ2) is 15.8. The summed E-state index contributed by atoms with van der Waals surface area (Å²) >= 11 is 0. The lowest BCUT2D eigenvalue weighted by molar-refractivity contribution is -0.181. The third-order valence-electron chi connectivity index (χ3n) is 13.6. The van der Waals surface area contributed by atoms with Crippen LogP contribution in [0.3, 0.4) is 0 Å². The van der Waals surface area contributed by atoms with Gasteiger partial charge in [0.1, 0.15) is 12.2 Å². The number of hydrogen-bond acceptors (Lipinski definition) is 11. The molecule has 0 bridgehead atoms. The van der Waals surface area contributed by atoms with Gasteiger partial charge in [-0.3, -0.25) is 33.9 Å². The molecular formula is C46H52N2O9. The second-order valence-corrected chi connectivity index (χ2v) is 17.2. The molecule has 1 heterocycles. The number of aliphatic hydroxyl groups is 2. The maximum absolute atomic E-state index is 13.6. The lowest BCUT2D eigenvalue weighted by Gasteiger charge is -2.59. The number of rotatable bonds is 13. The SMILES string of the molecule is CN(C)[C@@H](C(=O)Cc1ccc2cnccc2c1)c1ccc(COC(=O)CCC(=O)OCC(=O)[C@@]2(O)CC[C@H]3[C@@H]4CCC5=CC(=O)C=C[C@]5(C)[C@H]4[C@@H](O)C[C@@]32C)cc1. The van der Waals surface area contributed by atoms with E-state index in [9.17, 15) is 34.2 Å². The van der Waals surface area contributed by atoms with E-state index in [1.807, 2.05) is 68.4 Å². The molecule has 4 aliphatic rings. The van der Waals surface area contributed by atoms with Crippen molar-refractivity contribution < 1.29 is 43.7 Å². The molecule has 0 unspecified atom stereocenters. The first-order valence-corrected chi connectivity index (χ1v) is 19.9. The van der Waals surface area contributed by atoms with Crippen LogP contribution in [0.2, 0.25) is 0 Å². The van der Waals surface area contributed by atoms with Gasteiger partial charge in [-0.2, -0.15) is 0 Å². The smallest absolute Gasteiger partial charge is 0.306 e. The number of aliphatic hydroxyl groups excluding tert-OH is 1. The number of benzene rings is 2. The van der Waals surface area contributed by atoms with E-state index in [1.54, 1.807) is 36.7 Å². The largest absolute Gasteiger partial charge is 0.461 e. The van der Waals surface area contributed by atoms with Crippen molar-refractivity contribution in [1.82, 2.24) is 9.88 Å². The predicted octanol–water partition coefficient (Wildman–Crippen LogP) is 5.59. The van der Waals surface area contributed by atoms with Crippen LogP contribution in [0.15, 0.2) is 84.7 Å². The zero-order valence-electron chi connectivity index (χ0n) is 33.1. The van der Waals surface area contributed by atoms with Crippen molar-refractivity contribution in [3.63, 3.8) is 0 Å². The Labute approximate surface area is 333 Å². The van der Waals surface area contributed by atoms with E-state index in [-0.39, 0.29) is 68.0 Å². The molecule has 1 aromatic heterocycles. The lowest BCUT2D eigenvalue weighted by atomic mass is 9.46. The maximum atomic E-state index is 13.6. The highest BCUT2D eigenvalue weighted by atomic mass is 16.5. The quantitative estimate of drug-likeness (QED) is 0.208. The van der Waals surface area contributed by atoms with Gasteiger partial charge in [0.15, 0.2) is 18.2 Å². The Bertz CT molecular complexity index is 2140. The Kier molecular flexibility index (Phi) is 11.2. The number of carbonyl (C=O) groups is 5. The molecule has 3 saturated carbocycles. The van der Waals surface area contributed by atoms with Gasteiger partial charge in [-0.1, -0.05) is 68.0 Å². The van der Waals surface area contributed by atoms with E-state index in [0.29, 0.717) is 12.0 Å². The average Bonchev–Trinajstić information content (AvgIpc) is 3.45. The minimum Gasteiger partial charge on any atom is -0.461 e. The van der Waals surface area contributed by atoms with Gasteiger partial charge < -0.3 is 19.7 Å². The fourth-order valence-electron chi connectivity index (χ4n) is 10.7. The third kappa shape index (κ3) is 7.65. The number of aromatic nitrogens is 1. The minimum absolute atomic E-state index is 0.0230. The molecule has 57 heavy (non-hydrogen) atoms. The van der Waals surface area contributed by atoms with Gasteiger partial charge in [-0.15, -0.1) is 0 Å². The highest BCUT2D eigenvalue weighted by molar-refractivity contribution is 6.01. The molecule has 0 aliphatic heterocycles. The summed E-state index contributed by atoms with van der Waals surface area (Å²) in [6.45, 7) is 3.29. The van der Waals surface area contributed by atoms with Crippen LogP contribution in [-0.4, -0.2) is 81.8 Å². The molecule has 8 atom stereocenters. The van der Waals surface area contributed by atoms with Gasteiger partial charge in [0.25, 0.3) is 0 Å². The summed E-state index contributed by atoms with van der Waals surface area (Å²) in [6, 6.07) is 14.7. The molecule has 11 nitrogen and oxygen atoms in total. The molecule has 4 aliphatic carbocycles. The van der Waals surface area contributed by atoms with Crippen molar-refractivity contribution in [3.8, 4) is 0 Å². The van der Waals surface area contributed by atoms with Crippen molar-refractivity contribution in [2.45, 2.75) is 89.6 Å². The van der Waals surface area contributed by atoms with Crippen molar-refractivity contribution in [1.29, 1.82) is 0 Å². The highest BCUT2D eigenvalue weighted by Gasteiger charge is 2.68. The topological polar surface area (TPSA) is 160 Å². The molecule has 0 amide bonds. The van der Waals surface area contributed by atoms with Gasteiger partial charge >= 0.3 is 11.9 Å². The van der Waals surface area contributed by atoms with E-state index in [0.717, 1.165) is 40.3 Å². The molecule has 300 valence electrons. The molecule has 11 heteroatoms. The Balaban J connectivity index is 0.874. The zero-order valence-corrected chi connectivity index (χ0v) is 33.1. The number of fused-ring (bicyclic) bond motifs is 6. The van der Waals surface area contributed by atoms with Gasteiger partial charge in [-0.25, -0.2) is 0 Å². The number of esters is 2. The summed E-state index contributed by atoms with van der Waals surface area (Å²) in [5.74, 6) is -2.07. The summed E-state index contributed by atoms with van der Waals surface area (Å²) in [5, 5.41) is 25.6. The number of pyridine rings is 1. The van der Waals surface area contributed by atoms with Crippen LogP contribution in [0, 0.1) is 28.6 Å². The first-order valence-electron chi connectivity index (χ1n) is 19.9. The van der Waals surface area contributed by atoms with Crippen LogP contribution >= 0.6 is 0 Å². The first kappa shape index (κ1) is 40.4. The summed E-state index contributed by atoms with van der Waals surface area (Å²) in [6.07, 6.45) is 10.1. The van der Waals surface area contributed by atoms with Crippen LogP contribution in [0.4, 0.5) is 0 Å². The molecule has 2 N–H and O–H groups in total. The van der Waals surface area contributed by atoms with Crippen molar-refractivity contribution >= 4 is 40.1 Å². The number of ketones is 3. The number of ether oxygens (including phenoxy) is 2. The van der Waals surface area contributed by atoms with Gasteiger partial charge in [0.2, 0.25) is 5.78 Å². The fraction of sp³-hybridized carbons (Fsp3) is 0.478. The number of allylic oxidation sites excluding steroid dienone is 4. The molecular weight excluding hydrogens is 725 g/mol. The van der Waals surface area contributed by atoms with E-state index in [4.69, 9.17) is 9.47 Å². The maximum Gasteiger partial charge on any atom is 0.306 e. The van der Waals surface area contributed by atoms with E-state index in [1.165, 1.54) is 0 Å². The minimum atomic E-state index is -1.77. The van der Waals surface area contributed by atoms with Crippen LogP contribution < -0.4 is 0 Å². The molecule has 2 aromatic carbocycles. The molecule has 3 fully saturated rings. The van der Waals surface area contributed by atoms with Gasteiger partial charge in [-0.05, 0) is 98.3 Å². The number of likely N-dealkylation sites (N-methyl/N-ethyl adjacent to an activating group) is 1. The second-order valence-electron chi connectivity index (χ2n) is 17.2. The third-order valence-corrected chi connectivity index (χ3v) is 13.6. The highest BCUT2D eigenvalue weighted by Crippen LogP contribution is 2.67. The van der Waals surface area contributed by atoms with Crippen LogP contribution in [0.5, 0.6) is 0 Å². The lowest BCUT2D eigenvalue weighted by Crippen LogP contribution is -2.61. The van der Waals surface area contributed by atoms with Crippen molar-refractivity contribution in [3.05, 3.63) is 101 Å². The molecule has 0 spiro atoms. The molecule has 3 aromatic rings. The zero-order chi connectivity index (χ0) is 40.7. The molecule has 0 radical (unpaired) electrons. The van der Waals surface area contributed by atoms with Crippen molar-refractivity contribution in [2.24, 2.45) is 28.6 Å². The monoisotopic (exact) mass is 776 g/mol. The number of nitrogens with zero attached hydrogens (tertiary/aromatic N) is 2. The van der Waals surface area contributed by atoms with Gasteiger partial charge in [0, 0.05) is 40.9 Å². The normalized spacial score (nSPS) is 29.5. The number of hydrogen-bond donors (Lipinski definition) is 2. The van der Waals surface area contributed by atoms with Crippen LogP contribution in [0.1, 0.15) is 81.5 Å². The number of carbonyl (C=O) groups excluding carboxylic acids is 5. The number of Topliss-reactive ketones (excluding diaryl/α,β-unsaturated/α-hetero) is 2. The first-order chi connectivity index (χ1) is 27.1. The molecule has 0 saturated heterocycles. The van der Waals surface area contributed by atoms with Crippen molar-refractivity contribution in [2.75, 3.05) is 20.7 Å². The van der Waals surface area contributed by atoms with Crippen LogP contribution in [-0.2, 0) is 46.5 Å². The standard InChI is InChI=1S/C46H52N2O9/c1-44-18-15-34(49)23-33(44)11-12-35-36-16-19-46(55,45(36,2)24-38(51)42(35)44)39(52)27-57-41(54)14-13-40(53)56-26-28-5-8-30(9-6-28)43(48(3)4)37(50)22-29-7-10-32-25-47-20-17-31(32)21-29/h5-10,15,17-18,20-21,23,25,35-36,38,42-43,51,55H,11-14,16,19,22,24,26-27H2,1-4H3/t35-,36-,38-,42+,43+,44-,45-,46-/m0/s1. The van der Waals surface area contributed by atoms with E-state index >= 15 is 0 Å². The summed E-state index contributed by atoms with van der Waals surface area (Å²) in [4.78, 5) is 70.4. The predicted molar refractivity (Wildman–Crippen MR) is 211 cm³/mol. The summed E-state index contributed by atoms with van der Waals surface area (Å²) in [5.41, 5.74) is 0.335. The van der Waals surface area contributed by atoms with E-state index in [2.05, 4.69) is 11.9 Å². The Hall–Kier alpha value is -4.84. The fourth-order valence-corrected chi connectivity index (χ4v) is 10.7. The van der Waals surface area contributed by atoms with Gasteiger partial charge in [0.05, 0.1) is 25.0 Å². The summed E-state index contributed by atoms with van der Waals surface area (Å²) < 4.78 is 10.7. The van der Waals surface area contributed by atoms with Crippen LogP contribution in [0.25, 0.3) is 10.8 Å². The van der Waals surface area contributed by atoms with E-state index < -0.39 is 52.9 Å². The Morgan fingerprint density at radius 1 is 0.947 bits per heavy atom. The molecule has 7 rings (SSSR count). The average molecular weight is 777 g/mol. The Morgan fingerprint density at radius 3 is 2.40 bits per heavy atom. The Morgan fingerprint density at radius 2 is 1.67 bits per heavy atom. The summed E-state index contributed by atoms with van der Waals surface area (Å²) in [7, 11) is 3.72.